The van der Waals surface area contributed by atoms with Crippen LogP contribution < -0.4 is 5.56 Å². The molecule has 0 unspecified atom stereocenters. The molecule has 1 aliphatic rings. The summed E-state index contributed by atoms with van der Waals surface area (Å²) in [6.45, 7) is 3.25. The lowest BCUT2D eigenvalue weighted by Gasteiger charge is -2.32. The van der Waals surface area contributed by atoms with Crippen molar-refractivity contribution >= 4 is 17.2 Å². The van der Waals surface area contributed by atoms with Gasteiger partial charge in [0.05, 0.1) is 18.2 Å². The van der Waals surface area contributed by atoms with Crippen LogP contribution in [0.3, 0.4) is 0 Å². The summed E-state index contributed by atoms with van der Waals surface area (Å²) < 4.78 is 1.62. The molecule has 0 N–H and O–H groups in total. The molecule has 1 aromatic carbocycles. The van der Waals surface area contributed by atoms with Gasteiger partial charge in [-0.1, -0.05) is 30.3 Å². The summed E-state index contributed by atoms with van der Waals surface area (Å²) in [4.78, 5) is 27.0. The Bertz CT molecular complexity index is 1000. The first-order valence-electron chi connectivity index (χ1n) is 9.56. The van der Waals surface area contributed by atoms with Crippen LogP contribution in [0.4, 0.5) is 0 Å². The van der Waals surface area contributed by atoms with Gasteiger partial charge in [0, 0.05) is 24.7 Å². The maximum atomic E-state index is 12.6. The third-order valence-electron chi connectivity index (χ3n) is 5.29. The van der Waals surface area contributed by atoms with Crippen LogP contribution in [0.2, 0.25) is 0 Å². The predicted octanol–water partition coefficient (Wildman–Crippen LogP) is 3.69. The Morgan fingerprint density at radius 1 is 1.18 bits per heavy atom. The van der Waals surface area contributed by atoms with Gasteiger partial charge in [0.25, 0.3) is 5.56 Å². The van der Waals surface area contributed by atoms with E-state index in [-0.39, 0.29) is 17.5 Å². The largest absolute Gasteiger partial charge is 0.342 e. The zero-order chi connectivity index (χ0) is 19.5. The second-order valence-electron chi connectivity index (χ2n) is 7.25. The minimum absolute atomic E-state index is 0.0285. The maximum absolute atomic E-state index is 12.6. The SMILES string of the molecule is Cc1cc(=O)n(C2CCN(C(=O)Cc3ccsc3)CC2)nc1-c1ccccc1. The van der Waals surface area contributed by atoms with Crippen LogP contribution in [0.25, 0.3) is 11.3 Å². The van der Waals surface area contributed by atoms with Crippen molar-refractivity contribution in [3.63, 3.8) is 0 Å². The monoisotopic (exact) mass is 393 g/mol. The summed E-state index contributed by atoms with van der Waals surface area (Å²) in [5.41, 5.74) is 3.74. The van der Waals surface area contributed by atoms with E-state index in [4.69, 9.17) is 5.10 Å². The molecule has 0 bridgehead atoms. The number of likely N-dealkylation sites (tertiary alicyclic amines) is 1. The molecule has 0 radical (unpaired) electrons. The molecule has 0 spiro atoms. The Balaban J connectivity index is 1.49. The van der Waals surface area contributed by atoms with Gasteiger partial charge >= 0.3 is 0 Å². The molecule has 144 valence electrons. The van der Waals surface area contributed by atoms with E-state index >= 15 is 0 Å². The van der Waals surface area contributed by atoms with Gasteiger partial charge in [-0.15, -0.1) is 0 Å². The number of hydrogen-bond donors (Lipinski definition) is 0. The molecule has 1 fully saturated rings. The topological polar surface area (TPSA) is 55.2 Å². The van der Waals surface area contributed by atoms with Crippen molar-refractivity contribution in [1.82, 2.24) is 14.7 Å². The highest BCUT2D eigenvalue weighted by molar-refractivity contribution is 7.08. The van der Waals surface area contributed by atoms with Gasteiger partial charge in [-0.05, 0) is 47.7 Å². The zero-order valence-corrected chi connectivity index (χ0v) is 16.7. The summed E-state index contributed by atoms with van der Waals surface area (Å²) in [7, 11) is 0. The van der Waals surface area contributed by atoms with E-state index in [1.165, 1.54) is 0 Å². The normalized spacial score (nSPS) is 15.0. The van der Waals surface area contributed by atoms with E-state index in [1.807, 2.05) is 59.0 Å². The van der Waals surface area contributed by atoms with Crippen molar-refractivity contribution in [1.29, 1.82) is 0 Å². The van der Waals surface area contributed by atoms with Crippen molar-refractivity contribution in [3.8, 4) is 11.3 Å². The highest BCUT2D eigenvalue weighted by Crippen LogP contribution is 2.24. The highest BCUT2D eigenvalue weighted by atomic mass is 32.1. The number of thiophene rings is 1. The fourth-order valence-corrected chi connectivity index (χ4v) is 4.41. The van der Waals surface area contributed by atoms with Gasteiger partial charge in [0.1, 0.15) is 0 Å². The number of hydrogen-bond acceptors (Lipinski definition) is 4. The lowest BCUT2D eigenvalue weighted by Crippen LogP contribution is -2.42. The molecular formula is C22H23N3O2S. The van der Waals surface area contributed by atoms with E-state index in [0.29, 0.717) is 19.5 Å². The van der Waals surface area contributed by atoms with Gasteiger partial charge in [-0.25, -0.2) is 4.68 Å². The van der Waals surface area contributed by atoms with Gasteiger partial charge < -0.3 is 4.90 Å². The number of carbonyl (C=O) groups is 1. The summed E-state index contributed by atoms with van der Waals surface area (Å²) in [5, 5.41) is 8.71. The van der Waals surface area contributed by atoms with Gasteiger partial charge in [-0.3, -0.25) is 9.59 Å². The molecule has 1 amide bonds. The van der Waals surface area contributed by atoms with Gasteiger partial charge in [0.15, 0.2) is 0 Å². The standard InChI is InChI=1S/C22H23N3O2S/c1-16-13-21(27)25(23-22(16)18-5-3-2-4-6-18)19-7-10-24(11-8-19)20(26)14-17-9-12-28-15-17/h2-6,9,12-13,15,19H,7-8,10-11,14H2,1H3. The Morgan fingerprint density at radius 3 is 2.61 bits per heavy atom. The molecule has 6 heteroatoms. The second kappa shape index (κ2) is 8.10. The van der Waals surface area contributed by atoms with Crippen molar-refractivity contribution in [2.45, 2.75) is 32.2 Å². The number of amides is 1. The number of nitrogens with zero attached hydrogens (tertiary/aromatic N) is 3. The average Bonchev–Trinajstić information content (AvgIpc) is 3.22. The number of aromatic nitrogens is 2. The third kappa shape index (κ3) is 3.92. The molecule has 3 heterocycles. The average molecular weight is 394 g/mol. The van der Waals surface area contributed by atoms with Crippen molar-refractivity contribution in [2.75, 3.05) is 13.1 Å². The van der Waals surface area contributed by atoms with Crippen molar-refractivity contribution < 1.29 is 4.79 Å². The van der Waals surface area contributed by atoms with Gasteiger partial charge in [0.2, 0.25) is 5.91 Å². The van der Waals surface area contributed by atoms with Gasteiger partial charge in [-0.2, -0.15) is 16.4 Å². The smallest absolute Gasteiger partial charge is 0.267 e. The van der Waals surface area contributed by atoms with Crippen LogP contribution >= 0.6 is 11.3 Å². The van der Waals surface area contributed by atoms with Crippen LogP contribution in [0, 0.1) is 6.92 Å². The lowest BCUT2D eigenvalue weighted by atomic mass is 10.0. The lowest BCUT2D eigenvalue weighted by molar-refractivity contribution is -0.131. The molecule has 2 aromatic heterocycles. The molecule has 1 aliphatic heterocycles. The Hall–Kier alpha value is -2.73. The number of carbonyl (C=O) groups excluding carboxylic acids is 1. The van der Waals surface area contributed by atoms with Crippen LogP contribution in [0.15, 0.2) is 58.0 Å². The van der Waals surface area contributed by atoms with Crippen LogP contribution in [0.5, 0.6) is 0 Å². The molecule has 1 saturated heterocycles. The van der Waals surface area contributed by atoms with E-state index in [2.05, 4.69) is 0 Å². The van der Waals surface area contributed by atoms with E-state index in [9.17, 15) is 9.59 Å². The molecular weight excluding hydrogens is 370 g/mol. The number of piperidine rings is 1. The van der Waals surface area contributed by atoms with E-state index < -0.39 is 0 Å². The molecule has 5 nitrogen and oxygen atoms in total. The summed E-state index contributed by atoms with van der Waals surface area (Å²) in [6.07, 6.45) is 1.95. The Morgan fingerprint density at radius 2 is 1.93 bits per heavy atom. The summed E-state index contributed by atoms with van der Waals surface area (Å²) in [5.74, 6) is 0.158. The molecule has 4 rings (SSSR count). The maximum Gasteiger partial charge on any atom is 0.267 e. The first-order valence-corrected chi connectivity index (χ1v) is 10.5. The van der Waals surface area contributed by atoms with E-state index in [1.54, 1.807) is 22.1 Å². The molecule has 0 aliphatic carbocycles. The number of rotatable bonds is 4. The fourth-order valence-electron chi connectivity index (χ4n) is 3.74. The molecule has 3 aromatic rings. The third-order valence-corrected chi connectivity index (χ3v) is 6.02. The van der Waals surface area contributed by atoms with Crippen molar-refractivity contribution in [3.05, 3.63) is 74.7 Å². The minimum Gasteiger partial charge on any atom is -0.342 e. The predicted molar refractivity (Wildman–Crippen MR) is 112 cm³/mol. The van der Waals surface area contributed by atoms with Crippen LogP contribution in [0.1, 0.15) is 30.0 Å². The highest BCUT2D eigenvalue weighted by Gasteiger charge is 2.25. The summed E-state index contributed by atoms with van der Waals surface area (Å²) >= 11 is 1.61. The molecule has 28 heavy (non-hydrogen) atoms. The summed E-state index contributed by atoms with van der Waals surface area (Å²) in [6, 6.07) is 13.6. The second-order valence-corrected chi connectivity index (χ2v) is 8.03. The Labute approximate surface area is 168 Å². The quantitative estimate of drug-likeness (QED) is 0.679. The van der Waals surface area contributed by atoms with E-state index in [0.717, 1.165) is 35.2 Å². The van der Waals surface area contributed by atoms with Crippen LogP contribution in [-0.2, 0) is 11.2 Å². The first-order chi connectivity index (χ1) is 13.6. The zero-order valence-electron chi connectivity index (χ0n) is 15.9. The first kappa shape index (κ1) is 18.6. The number of benzene rings is 1. The molecule has 0 saturated carbocycles. The fraction of sp³-hybridized carbons (Fsp3) is 0.318. The minimum atomic E-state index is -0.0692. The number of aryl methyl sites for hydroxylation is 1. The van der Waals surface area contributed by atoms with Crippen molar-refractivity contribution in [2.24, 2.45) is 0 Å². The van der Waals surface area contributed by atoms with Crippen LogP contribution in [-0.4, -0.2) is 33.7 Å². The Kier molecular flexibility index (Phi) is 5.39. The molecule has 0 atom stereocenters.